The molecule has 0 aliphatic heterocycles. The average Bonchev–Trinajstić information content (AvgIpc) is 2.02. The largest absolute Gasteiger partial charge is 0.463 e. The summed E-state index contributed by atoms with van der Waals surface area (Å²) in [5.74, 6) is 1.95. The Bertz CT molecular complexity index is 191. The molecule has 74 valence electrons. The topological polar surface area (TPSA) is 46.5 Å². The van der Waals surface area contributed by atoms with Gasteiger partial charge in [0.05, 0.1) is 6.10 Å². The fourth-order valence-electron chi connectivity index (χ4n) is 0.845. The lowest BCUT2D eigenvalue weighted by molar-refractivity contribution is -0.147. The molecule has 13 heavy (non-hydrogen) atoms. The molecule has 0 saturated carbocycles. The van der Waals surface area contributed by atoms with Gasteiger partial charge in [0.15, 0.2) is 0 Å². The minimum Gasteiger partial charge on any atom is -0.463 e. The van der Waals surface area contributed by atoms with Crippen LogP contribution in [0.15, 0.2) is 0 Å². The molecule has 0 aromatic carbocycles. The molecule has 1 N–H and O–H groups in total. The maximum absolute atomic E-state index is 11.0. The Morgan fingerprint density at radius 3 is 2.69 bits per heavy atom. The van der Waals surface area contributed by atoms with Crippen LogP contribution in [0.1, 0.15) is 33.1 Å². The van der Waals surface area contributed by atoms with E-state index in [-0.39, 0.29) is 12.1 Å². The van der Waals surface area contributed by atoms with Crippen LogP contribution in [0.5, 0.6) is 0 Å². The van der Waals surface area contributed by atoms with Crippen molar-refractivity contribution in [3.05, 3.63) is 0 Å². The number of aliphatic hydroxyl groups excluding tert-OH is 1. The molecule has 0 aromatic heterocycles. The molecule has 0 aliphatic carbocycles. The average molecular weight is 184 g/mol. The molecule has 0 bridgehead atoms. The normalized spacial score (nSPS) is 12.2. The minimum absolute atomic E-state index is 0.0787. The standard InChI is InChI=1S/C10H16O3/c1-4-9(11)6-5-7-10(12)13-8(2)3/h1,8-9,11H,5-7H2,2-3H3/t9-/m0/s1. The fourth-order valence-corrected chi connectivity index (χ4v) is 0.845. The van der Waals surface area contributed by atoms with Crippen LogP contribution >= 0.6 is 0 Å². The van der Waals surface area contributed by atoms with Gasteiger partial charge in [-0.05, 0) is 26.7 Å². The quantitative estimate of drug-likeness (QED) is 0.514. The van der Waals surface area contributed by atoms with Crippen molar-refractivity contribution in [3.63, 3.8) is 0 Å². The zero-order chi connectivity index (χ0) is 10.3. The Kier molecular flexibility index (Phi) is 5.99. The first kappa shape index (κ1) is 12.0. The highest BCUT2D eigenvalue weighted by atomic mass is 16.5. The van der Waals surface area contributed by atoms with Crippen molar-refractivity contribution in [1.29, 1.82) is 0 Å². The summed E-state index contributed by atoms with van der Waals surface area (Å²) in [6, 6.07) is 0. The highest BCUT2D eigenvalue weighted by molar-refractivity contribution is 5.69. The number of hydrogen-bond donors (Lipinski definition) is 1. The first-order valence-corrected chi connectivity index (χ1v) is 4.40. The smallest absolute Gasteiger partial charge is 0.306 e. The molecule has 0 rings (SSSR count). The number of carbonyl (C=O) groups excluding carboxylic acids is 1. The fraction of sp³-hybridized carbons (Fsp3) is 0.700. The van der Waals surface area contributed by atoms with Gasteiger partial charge in [0.25, 0.3) is 0 Å². The van der Waals surface area contributed by atoms with Crippen molar-refractivity contribution < 1.29 is 14.6 Å². The molecule has 0 aromatic rings. The van der Waals surface area contributed by atoms with Crippen LogP contribution in [0.2, 0.25) is 0 Å². The monoisotopic (exact) mass is 184 g/mol. The summed E-state index contributed by atoms with van der Waals surface area (Å²) >= 11 is 0. The van der Waals surface area contributed by atoms with Crippen LogP contribution < -0.4 is 0 Å². The van der Waals surface area contributed by atoms with Gasteiger partial charge in [-0.15, -0.1) is 6.42 Å². The third-order valence-electron chi connectivity index (χ3n) is 1.42. The van der Waals surface area contributed by atoms with Gasteiger partial charge >= 0.3 is 5.97 Å². The molecule has 3 nitrogen and oxygen atoms in total. The number of ether oxygens (including phenoxy) is 1. The summed E-state index contributed by atoms with van der Waals surface area (Å²) in [5, 5.41) is 8.96. The summed E-state index contributed by atoms with van der Waals surface area (Å²) in [4.78, 5) is 11.0. The van der Waals surface area contributed by atoms with E-state index in [9.17, 15) is 4.79 Å². The van der Waals surface area contributed by atoms with Gasteiger partial charge in [-0.3, -0.25) is 4.79 Å². The zero-order valence-corrected chi connectivity index (χ0v) is 8.12. The first-order valence-electron chi connectivity index (χ1n) is 4.40. The molecule has 0 heterocycles. The predicted molar refractivity (Wildman–Crippen MR) is 49.9 cm³/mol. The summed E-state index contributed by atoms with van der Waals surface area (Å²) in [7, 11) is 0. The third-order valence-corrected chi connectivity index (χ3v) is 1.42. The van der Waals surface area contributed by atoms with Gasteiger partial charge in [-0.1, -0.05) is 5.92 Å². The molecule has 0 radical (unpaired) electrons. The molecule has 0 aliphatic rings. The van der Waals surface area contributed by atoms with E-state index in [1.54, 1.807) is 13.8 Å². The second-order valence-corrected chi connectivity index (χ2v) is 3.11. The molecule has 1 atom stereocenters. The SMILES string of the molecule is C#C[C@H](O)CCCC(=O)OC(C)C. The Labute approximate surface area is 79.1 Å². The number of terminal acetylenes is 1. The second-order valence-electron chi connectivity index (χ2n) is 3.11. The van der Waals surface area contributed by atoms with Crippen LogP contribution in [-0.4, -0.2) is 23.3 Å². The Hall–Kier alpha value is -1.01. The number of hydrogen-bond acceptors (Lipinski definition) is 3. The zero-order valence-electron chi connectivity index (χ0n) is 8.12. The summed E-state index contributed by atoms with van der Waals surface area (Å²) < 4.78 is 4.89. The van der Waals surface area contributed by atoms with Crippen molar-refractivity contribution in [2.24, 2.45) is 0 Å². The molecular formula is C10H16O3. The van der Waals surface area contributed by atoms with Gasteiger partial charge in [-0.2, -0.15) is 0 Å². The third kappa shape index (κ3) is 7.35. The second kappa shape index (κ2) is 6.50. The Morgan fingerprint density at radius 2 is 2.23 bits per heavy atom. The van der Waals surface area contributed by atoms with E-state index >= 15 is 0 Å². The molecule has 0 fully saturated rings. The van der Waals surface area contributed by atoms with E-state index < -0.39 is 6.10 Å². The number of esters is 1. The van der Waals surface area contributed by atoms with Gasteiger partial charge in [0.2, 0.25) is 0 Å². The van der Waals surface area contributed by atoms with Gasteiger partial charge in [0.1, 0.15) is 6.10 Å². The van der Waals surface area contributed by atoms with Crippen molar-refractivity contribution in [2.45, 2.75) is 45.3 Å². The summed E-state index contributed by atoms with van der Waals surface area (Å²) in [6.45, 7) is 3.60. The highest BCUT2D eigenvalue weighted by Crippen LogP contribution is 2.02. The van der Waals surface area contributed by atoms with Crippen LogP contribution in [0.3, 0.4) is 0 Å². The lowest BCUT2D eigenvalue weighted by Crippen LogP contribution is -2.12. The number of aliphatic hydroxyl groups is 1. The number of rotatable bonds is 5. The molecule has 0 saturated heterocycles. The van der Waals surface area contributed by atoms with E-state index in [0.29, 0.717) is 19.3 Å². The minimum atomic E-state index is -0.744. The van der Waals surface area contributed by atoms with Gasteiger partial charge in [0, 0.05) is 6.42 Å². The van der Waals surface area contributed by atoms with Gasteiger partial charge < -0.3 is 9.84 Å². The van der Waals surface area contributed by atoms with E-state index in [1.807, 2.05) is 0 Å². The molecule has 3 heteroatoms. The van der Waals surface area contributed by atoms with Gasteiger partial charge in [-0.25, -0.2) is 0 Å². The van der Waals surface area contributed by atoms with E-state index in [2.05, 4.69) is 5.92 Å². The van der Waals surface area contributed by atoms with E-state index in [4.69, 9.17) is 16.3 Å². The van der Waals surface area contributed by atoms with Crippen LogP contribution in [-0.2, 0) is 9.53 Å². The highest BCUT2D eigenvalue weighted by Gasteiger charge is 2.06. The van der Waals surface area contributed by atoms with Crippen molar-refractivity contribution in [3.8, 4) is 12.3 Å². The van der Waals surface area contributed by atoms with E-state index in [1.165, 1.54) is 0 Å². The van der Waals surface area contributed by atoms with Crippen molar-refractivity contribution in [2.75, 3.05) is 0 Å². The Balaban J connectivity index is 3.44. The maximum Gasteiger partial charge on any atom is 0.306 e. The van der Waals surface area contributed by atoms with Crippen LogP contribution in [0, 0.1) is 12.3 Å². The summed E-state index contributed by atoms with van der Waals surface area (Å²) in [5.41, 5.74) is 0. The lowest BCUT2D eigenvalue weighted by Gasteiger charge is -2.07. The first-order chi connectivity index (χ1) is 6.06. The summed E-state index contributed by atoms with van der Waals surface area (Å²) in [6.07, 6.45) is 5.46. The molecule has 0 amide bonds. The lowest BCUT2D eigenvalue weighted by atomic mass is 10.1. The predicted octanol–water partition coefficient (Wildman–Crippen LogP) is 1.10. The molecule has 0 spiro atoms. The Morgan fingerprint density at radius 1 is 1.62 bits per heavy atom. The molecular weight excluding hydrogens is 168 g/mol. The van der Waals surface area contributed by atoms with Crippen LogP contribution in [0.4, 0.5) is 0 Å². The molecule has 0 unspecified atom stereocenters. The van der Waals surface area contributed by atoms with E-state index in [0.717, 1.165) is 0 Å². The van der Waals surface area contributed by atoms with Crippen molar-refractivity contribution in [1.82, 2.24) is 0 Å². The van der Waals surface area contributed by atoms with Crippen LogP contribution in [0.25, 0.3) is 0 Å². The number of carbonyl (C=O) groups is 1. The maximum atomic E-state index is 11.0. The van der Waals surface area contributed by atoms with Crippen molar-refractivity contribution >= 4 is 5.97 Å².